The van der Waals surface area contributed by atoms with Gasteiger partial charge in [-0.25, -0.2) is 9.69 Å². The minimum atomic E-state index is -0.668. The second-order valence-electron chi connectivity index (χ2n) is 8.10. The Hall–Kier alpha value is -4.11. The Morgan fingerprint density at radius 1 is 1.06 bits per heavy atom. The van der Waals surface area contributed by atoms with E-state index in [0.29, 0.717) is 33.8 Å². The van der Waals surface area contributed by atoms with Gasteiger partial charge < -0.3 is 20.1 Å². The molecule has 36 heavy (non-hydrogen) atoms. The Labute approximate surface area is 217 Å². The number of carbonyl (C=O) groups is 3. The number of rotatable bonds is 8. The zero-order valence-electron chi connectivity index (χ0n) is 19.7. The van der Waals surface area contributed by atoms with Crippen molar-refractivity contribution in [1.82, 2.24) is 10.2 Å². The van der Waals surface area contributed by atoms with E-state index in [2.05, 4.69) is 32.6 Å². The van der Waals surface area contributed by atoms with Gasteiger partial charge in [0.2, 0.25) is 5.91 Å². The number of nitrogens with one attached hydrogen (secondary N) is 2. The van der Waals surface area contributed by atoms with Crippen LogP contribution in [0.2, 0.25) is 0 Å². The topological polar surface area (TPSA) is 97.0 Å². The van der Waals surface area contributed by atoms with E-state index < -0.39 is 24.4 Å². The van der Waals surface area contributed by atoms with E-state index in [1.54, 1.807) is 48.5 Å². The van der Waals surface area contributed by atoms with Crippen LogP contribution in [0, 0.1) is 6.92 Å². The minimum absolute atomic E-state index is 0.0745. The average molecular weight is 550 g/mol. The highest BCUT2D eigenvalue weighted by atomic mass is 79.9. The molecule has 0 atom stereocenters. The third-order valence-electron chi connectivity index (χ3n) is 5.39. The summed E-state index contributed by atoms with van der Waals surface area (Å²) in [6.07, 6.45) is 1.55. The van der Waals surface area contributed by atoms with Crippen molar-refractivity contribution in [3.63, 3.8) is 0 Å². The van der Waals surface area contributed by atoms with Crippen LogP contribution in [0.5, 0.6) is 11.5 Å². The van der Waals surface area contributed by atoms with Crippen LogP contribution in [0.1, 0.15) is 16.7 Å². The molecule has 4 rings (SSSR count). The third-order valence-corrected chi connectivity index (χ3v) is 6.01. The molecule has 0 spiro atoms. The number of nitrogens with zero attached hydrogens (tertiary/aromatic N) is 1. The van der Waals surface area contributed by atoms with Crippen molar-refractivity contribution in [1.29, 1.82) is 0 Å². The first-order valence-electron chi connectivity index (χ1n) is 11.1. The molecule has 0 aliphatic carbocycles. The van der Waals surface area contributed by atoms with Crippen LogP contribution in [0.25, 0.3) is 6.08 Å². The highest BCUT2D eigenvalue weighted by molar-refractivity contribution is 9.10. The second kappa shape index (κ2) is 11.1. The summed E-state index contributed by atoms with van der Waals surface area (Å²) in [5.41, 5.74) is 3.41. The summed E-state index contributed by atoms with van der Waals surface area (Å²) in [7, 11) is 1.49. The van der Waals surface area contributed by atoms with Crippen LogP contribution in [-0.2, 0) is 16.2 Å². The number of hydrogen-bond acceptors (Lipinski definition) is 5. The molecule has 1 aliphatic heterocycles. The van der Waals surface area contributed by atoms with E-state index in [0.717, 1.165) is 16.0 Å². The maximum Gasteiger partial charge on any atom is 0.329 e. The number of ether oxygens (including phenoxy) is 2. The van der Waals surface area contributed by atoms with Crippen LogP contribution in [-0.4, -0.2) is 36.4 Å². The molecule has 0 bridgehead atoms. The average Bonchev–Trinajstić information content (AvgIpc) is 3.11. The maximum atomic E-state index is 12.8. The van der Waals surface area contributed by atoms with Gasteiger partial charge in [-0.1, -0.05) is 48.0 Å². The number of halogens is 1. The first-order chi connectivity index (χ1) is 17.3. The summed E-state index contributed by atoms with van der Waals surface area (Å²) < 4.78 is 11.8. The monoisotopic (exact) mass is 549 g/mol. The van der Waals surface area contributed by atoms with Gasteiger partial charge in [0.05, 0.1) is 17.3 Å². The molecule has 4 amide bonds. The third kappa shape index (κ3) is 5.92. The van der Waals surface area contributed by atoms with E-state index >= 15 is 0 Å². The Kier molecular flexibility index (Phi) is 7.70. The summed E-state index contributed by atoms with van der Waals surface area (Å²) in [4.78, 5) is 38.5. The molecule has 1 heterocycles. The zero-order valence-corrected chi connectivity index (χ0v) is 21.3. The van der Waals surface area contributed by atoms with E-state index in [-0.39, 0.29) is 5.70 Å². The summed E-state index contributed by atoms with van der Waals surface area (Å²) in [5, 5.41) is 5.18. The van der Waals surface area contributed by atoms with E-state index in [4.69, 9.17) is 9.47 Å². The molecular formula is C27H24BrN3O5. The number of benzene rings is 3. The van der Waals surface area contributed by atoms with Gasteiger partial charge in [0.25, 0.3) is 5.91 Å². The fraction of sp³-hybridized carbons (Fsp3) is 0.148. The van der Waals surface area contributed by atoms with E-state index in [1.165, 1.54) is 7.11 Å². The number of amides is 4. The van der Waals surface area contributed by atoms with Crippen molar-refractivity contribution in [3.05, 3.63) is 93.6 Å². The lowest BCUT2D eigenvalue weighted by Gasteiger charge is -2.13. The molecule has 2 N–H and O–H groups in total. The molecule has 8 nitrogen and oxygen atoms in total. The number of hydrogen-bond donors (Lipinski definition) is 2. The number of methoxy groups -OCH3 is 1. The number of imide groups is 1. The fourth-order valence-electron chi connectivity index (χ4n) is 3.65. The SMILES string of the molecule is COc1ccccc1NC(=O)CN1C(=O)N/C(=C/c2ccc(OCc3cccc(C)c3)c(Br)c2)C1=O. The van der Waals surface area contributed by atoms with Crippen molar-refractivity contribution in [2.24, 2.45) is 0 Å². The molecule has 9 heteroatoms. The highest BCUT2D eigenvalue weighted by Gasteiger charge is 2.35. The maximum absolute atomic E-state index is 12.8. The molecule has 184 valence electrons. The van der Waals surface area contributed by atoms with E-state index in [1.807, 2.05) is 25.1 Å². The lowest BCUT2D eigenvalue weighted by atomic mass is 10.1. The Morgan fingerprint density at radius 3 is 2.61 bits per heavy atom. The number of para-hydroxylation sites is 2. The molecule has 1 aliphatic rings. The molecule has 1 saturated heterocycles. The summed E-state index contributed by atoms with van der Waals surface area (Å²) in [6.45, 7) is 2.01. The molecule has 0 saturated carbocycles. The largest absolute Gasteiger partial charge is 0.495 e. The molecule has 1 fully saturated rings. The van der Waals surface area contributed by atoms with Crippen molar-refractivity contribution in [2.75, 3.05) is 19.0 Å². The number of carbonyl (C=O) groups excluding carboxylic acids is 3. The van der Waals surface area contributed by atoms with Gasteiger partial charge >= 0.3 is 6.03 Å². The molecule has 3 aromatic carbocycles. The van der Waals surface area contributed by atoms with Gasteiger partial charge in [-0.3, -0.25) is 9.59 Å². The Balaban J connectivity index is 1.40. The van der Waals surface area contributed by atoms with Crippen molar-refractivity contribution in [2.45, 2.75) is 13.5 Å². The summed E-state index contributed by atoms with van der Waals surface area (Å²) >= 11 is 3.50. The predicted molar refractivity (Wildman–Crippen MR) is 139 cm³/mol. The van der Waals surface area contributed by atoms with Crippen LogP contribution < -0.4 is 20.1 Å². The minimum Gasteiger partial charge on any atom is -0.495 e. The molecular weight excluding hydrogens is 526 g/mol. The first kappa shape index (κ1) is 25.0. The molecule has 0 unspecified atom stereocenters. The van der Waals surface area contributed by atoms with Gasteiger partial charge in [0.1, 0.15) is 30.3 Å². The summed E-state index contributed by atoms with van der Waals surface area (Å²) in [5.74, 6) is 0.00350. The smallest absolute Gasteiger partial charge is 0.329 e. The molecule has 0 radical (unpaired) electrons. The lowest BCUT2D eigenvalue weighted by molar-refractivity contribution is -0.127. The van der Waals surface area contributed by atoms with Gasteiger partial charge in [-0.15, -0.1) is 0 Å². The number of anilines is 1. The second-order valence-corrected chi connectivity index (χ2v) is 8.95. The van der Waals surface area contributed by atoms with Crippen LogP contribution in [0.3, 0.4) is 0 Å². The molecule has 3 aromatic rings. The van der Waals surface area contributed by atoms with Crippen LogP contribution >= 0.6 is 15.9 Å². The fourth-order valence-corrected chi connectivity index (χ4v) is 4.16. The Bertz CT molecular complexity index is 1350. The van der Waals surface area contributed by atoms with Crippen molar-refractivity contribution in [3.8, 4) is 11.5 Å². The van der Waals surface area contributed by atoms with Gasteiger partial charge in [0.15, 0.2) is 0 Å². The van der Waals surface area contributed by atoms with Gasteiger partial charge in [0, 0.05) is 0 Å². The Morgan fingerprint density at radius 2 is 1.86 bits per heavy atom. The van der Waals surface area contributed by atoms with Crippen LogP contribution in [0.15, 0.2) is 76.9 Å². The zero-order chi connectivity index (χ0) is 25.7. The lowest BCUT2D eigenvalue weighted by Crippen LogP contribution is -2.38. The number of aryl methyl sites for hydroxylation is 1. The van der Waals surface area contributed by atoms with Crippen molar-refractivity contribution >= 4 is 45.5 Å². The first-order valence-corrected chi connectivity index (χ1v) is 11.9. The van der Waals surface area contributed by atoms with Crippen molar-refractivity contribution < 1.29 is 23.9 Å². The summed E-state index contributed by atoms with van der Waals surface area (Å²) in [6, 6.07) is 19.6. The predicted octanol–water partition coefficient (Wildman–Crippen LogP) is 4.88. The van der Waals surface area contributed by atoms with E-state index in [9.17, 15) is 14.4 Å². The normalized spacial score (nSPS) is 14.1. The standard InChI is InChI=1S/C27H24BrN3O5/c1-17-6-5-7-19(12-17)16-36-23-11-10-18(13-20(23)28)14-22-26(33)31(27(34)30-22)15-25(32)29-21-8-3-4-9-24(21)35-2/h3-14H,15-16H2,1-2H3,(H,29,32)(H,30,34)/b22-14+. The van der Waals surface area contributed by atoms with Gasteiger partial charge in [-0.2, -0.15) is 0 Å². The van der Waals surface area contributed by atoms with Gasteiger partial charge in [-0.05, 0) is 64.3 Å². The quantitative estimate of drug-likeness (QED) is 0.308. The molecule has 0 aromatic heterocycles. The number of urea groups is 1. The highest BCUT2D eigenvalue weighted by Crippen LogP contribution is 2.28. The van der Waals surface area contributed by atoms with Crippen LogP contribution in [0.4, 0.5) is 10.5 Å².